The molecule has 1 fully saturated rings. The number of rotatable bonds is 0. The molecule has 0 spiro atoms. The van der Waals surface area contributed by atoms with Crippen molar-refractivity contribution >= 4 is 0 Å². The number of hydrogen-bond donors (Lipinski definition) is 1. The third kappa shape index (κ3) is 5.45. The molecule has 5 heteroatoms. The first-order valence-corrected chi connectivity index (χ1v) is 4.02. The highest BCUT2D eigenvalue weighted by molar-refractivity contribution is 4.37. The van der Waals surface area contributed by atoms with E-state index in [-0.39, 0.29) is 0 Å². The van der Waals surface area contributed by atoms with Gasteiger partial charge in [-0.1, -0.05) is 0 Å². The van der Waals surface area contributed by atoms with Gasteiger partial charge in [0, 0.05) is 6.54 Å². The summed E-state index contributed by atoms with van der Waals surface area (Å²) in [7, 11) is 0. The van der Waals surface area contributed by atoms with E-state index in [1.165, 1.54) is 0 Å². The molecule has 0 aliphatic carbocycles. The third-order valence-corrected chi connectivity index (χ3v) is 1.33. The maximum absolute atomic E-state index is 5.11. The quantitative estimate of drug-likeness (QED) is 0.542. The van der Waals surface area contributed by atoms with Crippen LogP contribution in [-0.4, -0.2) is 46.7 Å². The molecule has 1 aliphatic heterocycles. The highest BCUT2D eigenvalue weighted by Gasteiger charge is 1.93. The van der Waals surface area contributed by atoms with Gasteiger partial charge in [0.2, 0.25) is 0 Å². The van der Waals surface area contributed by atoms with Gasteiger partial charge in [0.1, 0.15) is 13.6 Å². The summed E-state index contributed by atoms with van der Waals surface area (Å²) in [6.45, 7) is 3.67. The zero-order chi connectivity index (χ0) is 8.49. The molecule has 0 atom stereocenters. The van der Waals surface area contributed by atoms with Crippen LogP contribution in [0.2, 0.25) is 0 Å². The summed E-state index contributed by atoms with van der Waals surface area (Å²) >= 11 is 0. The van der Waals surface area contributed by atoms with Crippen LogP contribution in [0.1, 0.15) is 0 Å². The second-order valence-electron chi connectivity index (χ2n) is 2.31. The zero-order valence-electron chi connectivity index (χ0n) is 7.08. The molecule has 0 amide bonds. The van der Waals surface area contributed by atoms with Crippen LogP contribution in [0.4, 0.5) is 0 Å². The Kier molecular flexibility index (Phi) is 6.14. The van der Waals surface area contributed by atoms with E-state index in [0.29, 0.717) is 40.1 Å². The fraction of sp³-hybridized carbons (Fsp3) is 1.00. The van der Waals surface area contributed by atoms with E-state index in [4.69, 9.17) is 18.9 Å². The van der Waals surface area contributed by atoms with E-state index in [9.17, 15) is 0 Å². The molecule has 1 saturated heterocycles. The Balaban J connectivity index is 2.00. The lowest BCUT2D eigenvalue weighted by Crippen LogP contribution is -2.25. The molecule has 1 N–H and O–H groups in total. The Bertz CT molecular complexity index is 58.4. The molecule has 0 unspecified atom stereocenters. The second-order valence-corrected chi connectivity index (χ2v) is 2.31. The van der Waals surface area contributed by atoms with Gasteiger partial charge in [-0.2, -0.15) is 0 Å². The van der Waals surface area contributed by atoms with Gasteiger partial charge in [-0.25, -0.2) is 0 Å². The molecular formula is C7H15NO4. The maximum atomic E-state index is 5.11. The van der Waals surface area contributed by atoms with E-state index in [1.807, 2.05) is 0 Å². The molecule has 12 heavy (non-hydrogen) atoms. The molecule has 1 heterocycles. The van der Waals surface area contributed by atoms with Crippen LogP contribution in [0, 0.1) is 0 Å². The first-order chi connectivity index (χ1) is 6.00. The largest absolute Gasteiger partial charge is 0.354 e. The van der Waals surface area contributed by atoms with Gasteiger partial charge in [-0.05, 0) is 0 Å². The molecule has 1 aliphatic rings. The van der Waals surface area contributed by atoms with Crippen molar-refractivity contribution in [2.75, 3.05) is 46.7 Å². The van der Waals surface area contributed by atoms with Crippen LogP contribution in [0.15, 0.2) is 0 Å². The number of nitrogens with one attached hydrogen (secondary N) is 1. The Labute approximate surface area is 71.9 Å². The molecule has 1 rings (SSSR count). The summed E-state index contributed by atoms with van der Waals surface area (Å²) in [6, 6.07) is 0. The normalized spacial score (nSPS) is 24.0. The van der Waals surface area contributed by atoms with Gasteiger partial charge in [0.15, 0.2) is 0 Å². The summed E-state index contributed by atoms with van der Waals surface area (Å²) in [6.07, 6.45) is 0. The third-order valence-electron chi connectivity index (χ3n) is 1.33. The molecule has 0 saturated carbocycles. The monoisotopic (exact) mass is 177 g/mol. The van der Waals surface area contributed by atoms with Crippen LogP contribution in [0.25, 0.3) is 0 Å². The van der Waals surface area contributed by atoms with Gasteiger partial charge in [0.05, 0.1) is 26.6 Å². The highest BCUT2D eigenvalue weighted by atomic mass is 16.7. The zero-order valence-corrected chi connectivity index (χ0v) is 7.08. The van der Waals surface area contributed by atoms with Crippen LogP contribution in [0.3, 0.4) is 0 Å². The highest BCUT2D eigenvalue weighted by Crippen LogP contribution is 1.83. The van der Waals surface area contributed by atoms with Crippen molar-refractivity contribution in [2.24, 2.45) is 0 Å². The lowest BCUT2D eigenvalue weighted by atomic mass is 10.7. The Morgan fingerprint density at radius 2 is 1.42 bits per heavy atom. The minimum Gasteiger partial charge on any atom is -0.354 e. The van der Waals surface area contributed by atoms with Crippen molar-refractivity contribution in [1.82, 2.24) is 5.32 Å². The van der Waals surface area contributed by atoms with Crippen LogP contribution >= 0.6 is 0 Å². The minimum atomic E-state index is 0.317. The van der Waals surface area contributed by atoms with Crippen molar-refractivity contribution in [1.29, 1.82) is 0 Å². The van der Waals surface area contributed by atoms with Crippen molar-refractivity contribution in [3.63, 3.8) is 0 Å². The first kappa shape index (κ1) is 9.88. The molecule has 0 radical (unpaired) electrons. The van der Waals surface area contributed by atoms with E-state index < -0.39 is 0 Å². The van der Waals surface area contributed by atoms with Gasteiger partial charge >= 0.3 is 0 Å². The van der Waals surface area contributed by atoms with Crippen LogP contribution < -0.4 is 5.32 Å². The molecular weight excluding hydrogens is 162 g/mol. The minimum absolute atomic E-state index is 0.317. The van der Waals surface area contributed by atoms with E-state index in [0.717, 1.165) is 6.54 Å². The number of ether oxygens (including phenoxy) is 4. The topological polar surface area (TPSA) is 49.0 Å². The maximum Gasteiger partial charge on any atom is 0.148 e. The van der Waals surface area contributed by atoms with Gasteiger partial charge in [-0.3, -0.25) is 5.32 Å². The Morgan fingerprint density at radius 3 is 2.25 bits per heavy atom. The predicted octanol–water partition coefficient (Wildman–Crippen LogP) is -0.471. The fourth-order valence-corrected chi connectivity index (χ4v) is 0.743. The number of hydrogen-bond acceptors (Lipinski definition) is 5. The molecule has 0 aromatic carbocycles. The summed E-state index contributed by atoms with van der Waals surface area (Å²) in [5.74, 6) is 0. The molecule has 0 aromatic heterocycles. The summed E-state index contributed by atoms with van der Waals surface area (Å²) < 4.78 is 20.3. The average molecular weight is 177 g/mol. The smallest absolute Gasteiger partial charge is 0.148 e. The second kappa shape index (κ2) is 7.45. The van der Waals surface area contributed by atoms with Crippen LogP contribution in [0.5, 0.6) is 0 Å². The summed E-state index contributed by atoms with van der Waals surface area (Å²) in [5.41, 5.74) is 0. The van der Waals surface area contributed by atoms with E-state index in [1.54, 1.807) is 0 Å². The van der Waals surface area contributed by atoms with Gasteiger partial charge in [0.25, 0.3) is 0 Å². The SMILES string of the molecule is C1COCOCCOCOCN1. The van der Waals surface area contributed by atoms with E-state index >= 15 is 0 Å². The van der Waals surface area contributed by atoms with E-state index in [2.05, 4.69) is 5.32 Å². The first-order valence-electron chi connectivity index (χ1n) is 4.02. The summed E-state index contributed by atoms with van der Waals surface area (Å²) in [5, 5.41) is 3.02. The predicted molar refractivity (Wildman–Crippen MR) is 41.5 cm³/mol. The van der Waals surface area contributed by atoms with Crippen molar-refractivity contribution in [3.05, 3.63) is 0 Å². The Morgan fingerprint density at radius 1 is 0.750 bits per heavy atom. The fourth-order valence-electron chi connectivity index (χ4n) is 0.743. The van der Waals surface area contributed by atoms with Crippen molar-refractivity contribution in [2.45, 2.75) is 0 Å². The lowest BCUT2D eigenvalue weighted by molar-refractivity contribution is -0.109. The molecule has 5 nitrogen and oxygen atoms in total. The molecule has 0 aromatic rings. The van der Waals surface area contributed by atoms with Gasteiger partial charge < -0.3 is 18.9 Å². The average Bonchev–Trinajstić information content (AvgIpc) is 2.05. The standard InChI is InChI=1S/C7H15NO4/c1-2-9-6-10-3-4-11-7-12-5-8-1/h8H,1-7H2. The van der Waals surface area contributed by atoms with Gasteiger partial charge in [-0.15, -0.1) is 0 Å². The van der Waals surface area contributed by atoms with Crippen molar-refractivity contribution < 1.29 is 18.9 Å². The summed E-state index contributed by atoms with van der Waals surface area (Å²) in [4.78, 5) is 0. The van der Waals surface area contributed by atoms with Crippen LogP contribution in [-0.2, 0) is 18.9 Å². The lowest BCUT2D eigenvalue weighted by Gasteiger charge is -2.10. The molecule has 0 bridgehead atoms. The Hall–Kier alpha value is -0.200. The molecule has 72 valence electrons. The van der Waals surface area contributed by atoms with Crippen molar-refractivity contribution in [3.8, 4) is 0 Å².